The van der Waals surface area contributed by atoms with Crippen LogP contribution in [0.1, 0.15) is 30.5 Å². The van der Waals surface area contributed by atoms with E-state index in [0.29, 0.717) is 10.5 Å². The van der Waals surface area contributed by atoms with E-state index in [4.69, 9.17) is 4.74 Å². The molecule has 0 saturated heterocycles. The van der Waals surface area contributed by atoms with Crippen molar-refractivity contribution in [2.75, 3.05) is 11.7 Å². The van der Waals surface area contributed by atoms with Gasteiger partial charge in [0, 0.05) is 4.90 Å². The minimum Gasteiger partial charge on any atom is -0.481 e. The van der Waals surface area contributed by atoms with Gasteiger partial charge in [0.05, 0.1) is 4.90 Å². The Morgan fingerprint density at radius 3 is 2.52 bits per heavy atom. The minimum absolute atomic E-state index is 0.292. The van der Waals surface area contributed by atoms with E-state index in [1.165, 1.54) is 38.7 Å². The van der Waals surface area contributed by atoms with Gasteiger partial charge in [0.2, 0.25) is 0 Å². The molecule has 0 radical (unpaired) electrons. The molecule has 0 aliphatic carbocycles. The molecule has 0 aromatic heterocycles. The second-order valence-corrected chi connectivity index (χ2v) is 8.21. The summed E-state index contributed by atoms with van der Waals surface area (Å²) in [6, 6.07) is 13.0. The van der Waals surface area contributed by atoms with Crippen LogP contribution in [0.25, 0.3) is 0 Å². The first-order valence-corrected chi connectivity index (χ1v) is 10.6. The molecule has 2 heterocycles. The van der Waals surface area contributed by atoms with Crippen LogP contribution in [-0.2, 0) is 6.42 Å². The maximum Gasteiger partial charge on any atom is 0.138 e. The average molecular weight is 347 g/mol. The lowest BCUT2D eigenvalue weighted by molar-refractivity contribution is 0.397. The molecule has 0 N–H and O–H groups in total. The molecule has 2 aromatic rings. The van der Waals surface area contributed by atoms with Crippen molar-refractivity contribution in [1.29, 1.82) is 0 Å². The number of aryl methyl sites for hydroxylation is 3. The van der Waals surface area contributed by atoms with Crippen LogP contribution in [0.3, 0.4) is 0 Å². The summed E-state index contributed by atoms with van der Waals surface area (Å²) in [7, 11) is 0.292. The van der Waals surface area contributed by atoms with E-state index >= 15 is 0 Å². The van der Waals surface area contributed by atoms with Gasteiger partial charge in [-0.3, -0.25) is 0 Å². The first-order valence-electron chi connectivity index (χ1n) is 8.10. The lowest BCUT2D eigenvalue weighted by Gasteiger charge is -2.00. The number of hydrogen-bond donors (Lipinski definition) is 0. The van der Waals surface area contributed by atoms with Crippen molar-refractivity contribution in [1.82, 2.24) is 0 Å². The zero-order valence-electron chi connectivity index (χ0n) is 14.5. The van der Waals surface area contributed by atoms with Crippen LogP contribution in [0.2, 0.25) is 0 Å². The van der Waals surface area contributed by atoms with Gasteiger partial charge >= 0.3 is 0 Å². The molecule has 23 heavy (non-hydrogen) atoms. The molecule has 0 saturated carbocycles. The highest BCUT2D eigenvalue weighted by Gasteiger charge is 2.12. The van der Waals surface area contributed by atoms with Crippen molar-refractivity contribution < 1.29 is 4.74 Å². The van der Waals surface area contributed by atoms with Crippen molar-refractivity contribution in [2.45, 2.75) is 43.9 Å². The monoisotopic (exact) mass is 346 g/mol. The van der Waals surface area contributed by atoms with Crippen molar-refractivity contribution in [3.05, 3.63) is 53.1 Å². The molecule has 1 atom stereocenters. The standard InChI is InChI=1S/C10H12S.C8H8OS.C2H6/c1-8-3-4-9-5-6-11(2)10(9)7-8;1-6-2-3-7-8(4-6)10-5-9-7;1-2/h3-4,7H,2,5-6H2,1H3;2-4H,5H2,1H3;1-2H3. The van der Waals surface area contributed by atoms with Crippen LogP contribution < -0.4 is 4.74 Å². The molecule has 0 bridgehead atoms. The van der Waals surface area contributed by atoms with E-state index in [-0.39, 0.29) is 0 Å². The molecule has 0 spiro atoms. The zero-order chi connectivity index (χ0) is 16.8. The van der Waals surface area contributed by atoms with Crippen molar-refractivity contribution in [3.8, 4) is 5.75 Å². The normalized spacial score (nSPS) is 17.0. The number of ether oxygens (including phenoxy) is 1. The third kappa shape index (κ3) is 4.65. The predicted octanol–water partition coefficient (Wildman–Crippen LogP) is 6.07. The van der Waals surface area contributed by atoms with Gasteiger partial charge in [0.25, 0.3) is 0 Å². The summed E-state index contributed by atoms with van der Waals surface area (Å²) in [5, 5.41) is 0. The van der Waals surface area contributed by atoms with Crippen molar-refractivity contribution >= 4 is 28.1 Å². The van der Waals surface area contributed by atoms with Gasteiger partial charge in [0.1, 0.15) is 11.7 Å². The number of fused-ring (bicyclic) bond motifs is 2. The van der Waals surface area contributed by atoms with Gasteiger partial charge in [-0.1, -0.05) is 55.2 Å². The van der Waals surface area contributed by atoms with E-state index in [9.17, 15) is 0 Å². The summed E-state index contributed by atoms with van der Waals surface area (Å²) < 4.78 is 5.32. The molecule has 4 rings (SSSR count). The Hall–Kier alpha value is -1.19. The maximum atomic E-state index is 5.32. The fourth-order valence-corrected chi connectivity index (χ4v) is 4.91. The second kappa shape index (κ2) is 8.60. The van der Waals surface area contributed by atoms with Crippen molar-refractivity contribution in [2.24, 2.45) is 0 Å². The molecule has 3 heteroatoms. The van der Waals surface area contributed by atoms with Crippen molar-refractivity contribution in [3.63, 3.8) is 0 Å². The maximum absolute atomic E-state index is 5.32. The highest BCUT2D eigenvalue weighted by atomic mass is 32.2. The van der Waals surface area contributed by atoms with E-state index < -0.39 is 0 Å². The fourth-order valence-electron chi connectivity index (χ4n) is 2.48. The summed E-state index contributed by atoms with van der Waals surface area (Å²) in [5.41, 5.74) is 4.19. The summed E-state index contributed by atoms with van der Waals surface area (Å²) in [6.07, 6.45) is 1.24. The van der Waals surface area contributed by atoms with E-state index in [0.717, 1.165) is 11.7 Å². The zero-order valence-corrected chi connectivity index (χ0v) is 16.2. The molecule has 2 aliphatic rings. The molecule has 1 nitrogen and oxygen atoms in total. The van der Waals surface area contributed by atoms with Gasteiger partial charge in [-0.15, -0.1) is 0 Å². The molecular formula is C20H26OS2. The van der Waals surface area contributed by atoms with Crippen LogP contribution >= 0.6 is 22.2 Å². The molecule has 124 valence electrons. The third-order valence-corrected chi connectivity index (χ3v) is 6.24. The van der Waals surface area contributed by atoms with Gasteiger partial charge in [-0.05, 0) is 55.3 Å². The Morgan fingerprint density at radius 1 is 1.04 bits per heavy atom. The van der Waals surface area contributed by atoms with E-state index in [1.807, 2.05) is 19.9 Å². The Bertz CT molecular complexity index is 692. The summed E-state index contributed by atoms with van der Waals surface area (Å²) in [5.74, 6) is 7.22. The first-order chi connectivity index (χ1) is 11.1. The largest absolute Gasteiger partial charge is 0.481 e. The summed E-state index contributed by atoms with van der Waals surface area (Å²) in [4.78, 5) is 2.78. The Morgan fingerprint density at radius 2 is 1.74 bits per heavy atom. The van der Waals surface area contributed by atoms with Crippen LogP contribution in [0.5, 0.6) is 5.75 Å². The molecule has 0 amide bonds. The highest BCUT2D eigenvalue weighted by molar-refractivity contribution is 8.14. The lowest BCUT2D eigenvalue weighted by atomic mass is 10.1. The molecule has 1 unspecified atom stereocenters. The molecular weight excluding hydrogens is 320 g/mol. The Labute approximate surface area is 147 Å². The third-order valence-electron chi connectivity index (χ3n) is 3.68. The average Bonchev–Trinajstić information content (AvgIpc) is 3.17. The van der Waals surface area contributed by atoms with Crippen LogP contribution in [0.4, 0.5) is 0 Å². The second-order valence-electron chi connectivity index (χ2n) is 5.41. The molecule has 2 aliphatic heterocycles. The van der Waals surface area contributed by atoms with Crippen LogP contribution in [0.15, 0.2) is 46.2 Å². The number of benzene rings is 2. The smallest absolute Gasteiger partial charge is 0.138 e. The minimum atomic E-state index is 0.292. The van der Waals surface area contributed by atoms with Gasteiger partial charge < -0.3 is 4.74 Å². The number of thioether (sulfide) groups is 1. The highest BCUT2D eigenvalue weighted by Crippen LogP contribution is 2.37. The number of rotatable bonds is 0. The predicted molar refractivity (Wildman–Crippen MR) is 107 cm³/mol. The van der Waals surface area contributed by atoms with E-state index in [2.05, 4.69) is 50.0 Å². The summed E-state index contributed by atoms with van der Waals surface area (Å²) >= 11 is 1.76. The van der Waals surface area contributed by atoms with Crippen LogP contribution in [0, 0.1) is 13.8 Å². The van der Waals surface area contributed by atoms with E-state index in [1.54, 1.807) is 11.8 Å². The Balaban J connectivity index is 0.000000152. The fraction of sp³-hybridized carbons (Fsp3) is 0.350. The SMILES string of the molecule is C=S1CCc2ccc(C)cc21.CC.Cc1ccc2c(c1)SCO2. The summed E-state index contributed by atoms with van der Waals surface area (Å²) in [6.45, 7) is 8.25. The van der Waals surface area contributed by atoms with Gasteiger partial charge in [-0.2, -0.15) is 10.5 Å². The van der Waals surface area contributed by atoms with Crippen LogP contribution in [-0.4, -0.2) is 17.6 Å². The molecule has 0 fully saturated rings. The van der Waals surface area contributed by atoms with Gasteiger partial charge in [-0.25, -0.2) is 0 Å². The van der Waals surface area contributed by atoms with Gasteiger partial charge in [0.15, 0.2) is 0 Å². The molecule has 2 aromatic carbocycles. The first kappa shape index (κ1) is 18.2. The Kier molecular flexibility index (Phi) is 6.79. The quantitative estimate of drug-likeness (QED) is 0.535. The number of hydrogen-bond acceptors (Lipinski definition) is 2. The topological polar surface area (TPSA) is 9.23 Å². The lowest BCUT2D eigenvalue weighted by Crippen LogP contribution is -1.81.